The van der Waals surface area contributed by atoms with Gasteiger partial charge in [0.05, 0.1) is 6.54 Å². The summed E-state index contributed by atoms with van der Waals surface area (Å²) < 4.78 is 0. The average molecular weight is 211 g/mol. The van der Waals surface area contributed by atoms with Crippen molar-refractivity contribution in [2.24, 2.45) is 10.4 Å². The van der Waals surface area contributed by atoms with Crippen LogP contribution in [0.25, 0.3) is 0 Å². The van der Waals surface area contributed by atoms with Crippen molar-refractivity contribution >= 4 is 5.96 Å². The molecule has 0 saturated heterocycles. The largest absolute Gasteiger partial charge is 0.356 e. The molecule has 0 fully saturated rings. The molecule has 0 aromatic carbocycles. The second kappa shape index (κ2) is 5.99. The van der Waals surface area contributed by atoms with Gasteiger partial charge in [-0.15, -0.1) is 0 Å². The van der Waals surface area contributed by atoms with Crippen LogP contribution in [0.2, 0.25) is 0 Å². The Morgan fingerprint density at radius 2 is 2.20 bits per heavy atom. The van der Waals surface area contributed by atoms with E-state index in [0.717, 1.165) is 25.6 Å². The Bertz CT molecular complexity index is 209. The smallest absolute Gasteiger partial charge is 0.191 e. The minimum Gasteiger partial charge on any atom is -0.356 e. The molecule has 1 aliphatic heterocycles. The van der Waals surface area contributed by atoms with Gasteiger partial charge in [0.1, 0.15) is 0 Å². The van der Waals surface area contributed by atoms with E-state index in [9.17, 15) is 0 Å². The maximum atomic E-state index is 4.33. The minimum absolute atomic E-state index is 0.377. The molecule has 0 radical (unpaired) electrons. The average Bonchev–Trinajstić information content (AvgIpc) is 2.68. The number of nitrogens with one attached hydrogen (secondary N) is 2. The van der Waals surface area contributed by atoms with Gasteiger partial charge >= 0.3 is 0 Å². The standard InChI is InChI=1S/C12H25N3/c1-4-5-6-7-12(2,3)10-15-11-13-8-9-14-11/h4-10H2,1-3H3,(H2,13,14,15). The number of hydrogen-bond donors (Lipinski definition) is 2. The number of rotatable bonds is 6. The summed E-state index contributed by atoms with van der Waals surface area (Å²) in [6.45, 7) is 9.82. The molecular formula is C12H25N3. The monoisotopic (exact) mass is 211 g/mol. The first-order chi connectivity index (χ1) is 7.14. The maximum absolute atomic E-state index is 4.33. The van der Waals surface area contributed by atoms with Crippen LogP contribution >= 0.6 is 0 Å². The number of guanidine groups is 1. The molecule has 0 aromatic heterocycles. The van der Waals surface area contributed by atoms with Gasteiger partial charge in [-0.25, -0.2) is 0 Å². The van der Waals surface area contributed by atoms with E-state index >= 15 is 0 Å². The molecule has 0 bridgehead atoms. The van der Waals surface area contributed by atoms with E-state index in [1.165, 1.54) is 25.7 Å². The Morgan fingerprint density at radius 1 is 1.40 bits per heavy atom. The van der Waals surface area contributed by atoms with Crippen LogP contribution in [0, 0.1) is 5.41 Å². The fourth-order valence-corrected chi connectivity index (χ4v) is 1.78. The van der Waals surface area contributed by atoms with E-state index in [4.69, 9.17) is 0 Å². The predicted molar refractivity (Wildman–Crippen MR) is 66.2 cm³/mol. The van der Waals surface area contributed by atoms with Gasteiger partial charge in [-0.05, 0) is 11.8 Å². The summed E-state index contributed by atoms with van der Waals surface area (Å²) in [5, 5.41) is 6.62. The predicted octanol–water partition coefficient (Wildman–Crippen LogP) is 2.14. The van der Waals surface area contributed by atoms with Crippen molar-refractivity contribution in [3.63, 3.8) is 0 Å². The van der Waals surface area contributed by atoms with Gasteiger partial charge in [0.25, 0.3) is 0 Å². The lowest BCUT2D eigenvalue weighted by Gasteiger charge is -2.25. The second-order valence-corrected chi connectivity index (χ2v) is 5.13. The van der Waals surface area contributed by atoms with E-state index in [-0.39, 0.29) is 0 Å². The molecular weight excluding hydrogens is 186 g/mol. The topological polar surface area (TPSA) is 36.4 Å². The van der Waals surface area contributed by atoms with Gasteiger partial charge in [0.15, 0.2) is 5.96 Å². The molecule has 15 heavy (non-hydrogen) atoms. The molecule has 3 heteroatoms. The van der Waals surface area contributed by atoms with Crippen LogP contribution in [0.5, 0.6) is 0 Å². The van der Waals surface area contributed by atoms with Crippen LogP contribution in [0.1, 0.15) is 46.5 Å². The molecule has 0 atom stereocenters. The van der Waals surface area contributed by atoms with Crippen molar-refractivity contribution in [2.75, 3.05) is 19.6 Å². The minimum atomic E-state index is 0.377. The number of unbranched alkanes of at least 4 members (excludes halogenated alkanes) is 2. The van der Waals surface area contributed by atoms with Crippen LogP contribution < -0.4 is 10.6 Å². The van der Waals surface area contributed by atoms with Gasteiger partial charge < -0.3 is 10.6 Å². The van der Waals surface area contributed by atoms with Crippen LogP contribution in [0.15, 0.2) is 4.99 Å². The van der Waals surface area contributed by atoms with E-state index in [0.29, 0.717) is 5.41 Å². The second-order valence-electron chi connectivity index (χ2n) is 5.13. The van der Waals surface area contributed by atoms with Crippen LogP contribution in [-0.2, 0) is 0 Å². The van der Waals surface area contributed by atoms with Crippen molar-refractivity contribution in [3.8, 4) is 0 Å². The van der Waals surface area contributed by atoms with Gasteiger partial charge in [-0.2, -0.15) is 0 Å². The zero-order valence-corrected chi connectivity index (χ0v) is 10.4. The number of hydrogen-bond acceptors (Lipinski definition) is 3. The molecule has 0 unspecified atom stereocenters. The van der Waals surface area contributed by atoms with Crippen LogP contribution in [0.3, 0.4) is 0 Å². The molecule has 1 heterocycles. The van der Waals surface area contributed by atoms with Gasteiger partial charge in [-0.1, -0.05) is 40.0 Å². The molecule has 1 rings (SSSR count). The zero-order valence-electron chi connectivity index (χ0n) is 10.4. The highest BCUT2D eigenvalue weighted by Crippen LogP contribution is 2.22. The molecule has 0 spiro atoms. The van der Waals surface area contributed by atoms with E-state index < -0.39 is 0 Å². The SMILES string of the molecule is CCCCCC(C)(C)CNC1=NCCN1. The van der Waals surface area contributed by atoms with E-state index in [2.05, 4.69) is 36.4 Å². The maximum Gasteiger partial charge on any atom is 0.191 e. The first-order valence-electron chi connectivity index (χ1n) is 6.16. The summed E-state index contributed by atoms with van der Waals surface area (Å²) in [4.78, 5) is 4.33. The third-order valence-corrected chi connectivity index (χ3v) is 2.87. The fourth-order valence-electron chi connectivity index (χ4n) is 1.78. The Balaban J connectivity index is 2.16. The molecule has 0 aromatic rings. The number of nitrogens with zero attached hydrogens (tertiary/aromatic N) is 1. The van der Waals surface area contributed by atoms with Crippen molar-refractivity contribution in [1.29, 1.82) is 0 Å². The third kappa shape index (κ3) is 5.05. The van der Waals surface area contributed by atoms with Gasteiger partial charge in [-0.3, -0.25) is 4.99 Å². The molecule has 0 saturated carbocycles. The molecule has 88 valence electrons. The lowest BCUT2D eigenvalue weighted by molar-refractivity contribution is 0.319. The molecule has 3 nitrogen and oxygen atoms in total. The molecule has 2 N–H and O–H groups in total. The normalized spacial score (nSPS) is 16.1. The van der Waals surface area contributed by atoms with Crippen LogP contribution in [-0.4, -0.2) is 25.6 Å². The third-order valence-electron chi connectivity index (χ3n) is 2.87. The van der Waals surface area contributed by atoms with Crippen molar-refractivity contribution in [1.82, 2.24) is 10.6 Å². The Hall–Kier alpha value is -0.730. The quantitative estimate of drug-likeness (QED) is 0.660. The lowest BCUT2D eigenvalue weighted by atomic mass is 9.87. The summed E-state index contributed by atoms with van der Waals surface area (Å²) in [6, 6.07) is 0. The van der Waals surface area contributed by atoms with Gasteiger partial charge in [0.2, 0.25) is 0 Å². The highest BCUT2D eigenvalue weighted by atomic mass is 15.2. The summed E-state index contributed by atoms with van der Waals surface area (Å²) in [5.41, 5.74) is 0.377. The van der Waals surface area contributed by atoms with Crippen molar-refractivity contribution in [2.45, 2.75) is 46.5 Å². The van der Waals surface area contributed by atoms with Crippen LogP contribution in [0.4, 0.5) is 0 Å². The number of aliphatic imine (C=N–C) groups is 1. The zero-order chi connectivity index (χ0) is 11.1. The highest BCUT2D eigenvalue weighted by Gasteiger charge is 2.18. The molecule has 0 amide bonds. The lowest BCUT2D eigenvalue weighted by Crippen LogP contribution is -2.39. The Labute approximate surface area is 93.7 Å². The van der Waals surface area contributed by atoms with Crippen molar-refractivity contribution in [3.05, 3.63) is 0 Å². The Morgan fingerprint density at radius 3 is 2.80 bits per heavy atom. The van der Waals surface area contributed by atoms with Gasteiger partial charge in [0, 0.05) is 13.1 Å². The Kier molecular flexibility index (Phi) is 4.92. The highest BCUT2D eigenvalue weighted by molar-refractivity contribution is 5.81. The van der Waals surface area contributed by atoms with Crippen molar-refractivity contribution < 1.29 is 0 Å². The van der Waals surface area contributed by atoms with E-state index in [1.807, 2.05) is 0 Å². The summed E-state index contributed by atoms with van der Waals surface area (Å²) in [5.74, 6) is 0.985. The fraction of sp³-hybridized carbons (Fsp3) is 0.917. The first-order valence-corrected chi connectivity index (χ1v) is 6.16. The summed E-state index contributed by atoms with van der Waals surface area (Å²) in [7, 11) is 0. The molecule has 0 aliphatic carbocycles. The molecule has 1 aliphatic rings. The summed E-state index contributed by atoms with van der Waals surface area (Å²) >= 11 is 0. The summed E-state index contributed by atoms with van der Waals surface area (Å²) in [6.07, 6.45) is 5.28. The van der Waals surface area contributed by atoms with E-state index in [1.54, 1.807) is 0 Å². The first kappa shape index (κ1) is 12.3.